The van der Waals surface area contributed by atoms with Crippen LogP contribution in [0.3, 0.4) is 0 Å². The molecule has 2 saturated heterocycles. The smallest absolute Gasteiger partial charge is 0.224 e. The lowest BCUT2D eigenvalue weighted by molar-refractivity contribution is -0.132. The first-order valence-corrected chi connectivity index (χ1v) is 7.43. The van der Waals surface area contributed by atoms with Crippen molar-refractivity contribution in [2.75, 3.05) is 50.8 Å². The van der Waals surface area contributed by atoms with E-state index >= 15 is 0 Å². The minimum Gasteiger partial charge on any atom is -0.378 e. The van der Waals surface area contributed by atoms with Gasteiger partial charge in [-0.05, 0) is 0 Å². The van der Waals surface area contributed by atoms with Gasteiger partial charge in [0.1, 0.15) is 5.82 Å². The van der Waals surface area contributed by atoms with Crippen molar-refractivity contribution in [1.29, 1.82) is 0 Å². The second-order valence-corrected chi connectivity index (χ2v) is 5.36. The van der Waals surface area contributed by atoms with Gasteiger partial charge in [-0.15, -0.1) is 0 Å². The largest absolute Gasteiger partial charge is 0.378 e. The summed E-state index contributed by atoms with van der Waals surface area (Å²) in [4.78, 5) is 24.8. The van der Waals surface area contributed by atoms with Gasteiger partial charge in [-0.3, -0.25) is 9.78 Å². The summed E-state index contributed by atoms with van der Waals surface area (Å²) in [6, 6.07) is 0.157. The Morgan fingerprint density at radius 1 is 1.33 bits per heavy atom. The summed E-state index contributed by atoms with van der Waals surface area (Å²) in [5, 5.41) is 3.32. The average molecular weight is 291 g/mol. The number of ether oxygens (including phenoxy) is 1. The number of nitrogens with one attached hydrogen (secondary N) is 1. The zero-order valence-electron chi connectivity index (χ0n) is 12.1. The van der Waals surface area contributed by atoms with Gasteiger partial charge in [-0.2, -0.15) is 0 Å². The van der Waals surface area contributed by atoms with Crippen LogP contribution in [0.1, 0.15) is 6.42 Å². The van der Waals surface area contributed by atoms with Crippen LogP contribution in [0, 0.1) is 0 Å². The van der Waals surface area contributed by atoms with Crippen molar-refractivity contribution in [2.24, 2.45) is 0 Å². The van der Waals surface area contributed by atoms with Crippen LogP contribution in [0.5, 0.6) is 0 Å². The number of amides is 1. The van der Waals surface area contributed by atoms with E-state index in [2.05, 4.69) is 20.2 Å². The predicted octanol–water partition coefficient (Wildman–Crippen LogP) is -0.496. The summed E-state index contributed by atoms with van der Waals surface area (Å²) in [7, 11) is 0. The standard InChI is InChI=1S/C14H21N5O2/c20-14(9-12-11-21-8-3-16-12)19-6-4-18(5-7-19)13-10-15-1-2-17-13/h1-2,10,12,16H,3-9,11H2. The molecule has 0 saturated carbocycles. The Morgan fingerprint density at radius 2 is 2.19 bits per heavy atom. The molecular weight excluding hydrogens is 270 g/mol. The highest BCUT2D eigenvalue weighted by atomic mass is 16.5. The van der Waals surface area contributed by atoms with Gasteiger partial charge in [-0.1, -0.05) is 0 Å². The van der Waals surface area contributed by atoms with Crippen molar-refractivity contribution in [3.05, 3.63) is 18.6 Å². The molecule has 2 fully saturated rings. The summed E-state index contributed by atoms with van der Waals surface area (Å²) in [6.07, 6.45) is 5.65. The third-order valence-electron chi connectivity index (χ3n) is 3.93. The highest BCUT2D eigenvalue weighted by Crippen LogP contribution is 2.12. The molecule has 1 aromatic rings. The van der Waals surface area contributed by atoms with Crippen molar-refractivity contribution in [1.82, 2.24) is 20.2 Å². The summed E-state index contributed by atoms with van der Waals surface area (Å²) >= 11 is 0. The quantitative estimate of drug-likeness (QED) is 0.810. The van der Waals surface area contributed by atoms with E-state index in [0.717, 1.165) is 45.1 Å². The van der Waals surface area contributed by atoms with Gasteiger partial charge in [0, 0.05) is 57.6 Å². The Labute approximate surface area is 124 Å². The van der Waals surface area contributed by atoms with Gasteiger partial charge in [-0.25, -0.2) is 4.98 Å². The minimum absolute atomic E-state index is 0.157. The van der Waals surface area contributed by atoms with Crippen LogP contribution in [0.4, 0.5) is 5.82 Å². The third-order valence-corrected chi connectivity index (χ3v) is 3.93. The molecule has 0 aromatic carbocycles. The topological polar surface area (TPSA) is 70.6 Å². The lowest BCUT2D eigenvalue weighted by atomic mass is 10.1. The Balaban J connectivity index is 1.47. The minimum atomic E-state index is 0.157. The van der Waals surface area contributed by atoms with Gasteiger partial charge in [0.25, 0.3) is 0 Å². The van der Waals surface area contributed by atoms with Crippen molar-refractivity contribution in [2.45, 2.75) is 12.5 Å². The van der Waals surface area contributed by atoms with Gasteiger partial charge in [0.15, 0.2) is 0 Å². The van der Waals surface area contributed by atoms with Crippen molar-refractivity contribution < 1.29 is 9.53 Å². The van der Waals surface area contributed by atoms with Crippen LogP contribution >= 0.6 is 0 Å². The second kappa shape index (κ2) is 6.82. The zero-order chi connectivity index (χ0) is 14.5. The highest BCUT2D eigenvalue weighted by molar-refractivity contribution is 5.77. The van der Waals surface area contributed by atoms with E-state index in [-0.39, 0.29) is 11.9 Å². The van der Waals surface area contributed by atoms with E-state index in [0.29, 0.717) is 13.0 Å². The van der Waals surface area contributed by atoms with E-state index in [9.17, 15) is 4.79 Å². The molecule has 1 aromatic heterocycles. The molecule has 0 bridgehead atoms. The summed E-state index contributed by atoms with van der Waals surface area (Å²) in [5.74, 6) is 1.09. The zero-order valence-corrected chi connectivity index (χ0v) is 12.1. The molecule has 7 heteroatoms. The Kier molecular flexibility index (Phi) is 4.62. The summed E-state index contributed by atoms with van der Waals surface area (Å²) in [6.45, 7) is 5.29. The molecule has 1 atom stereocenters. The number of hydrogen-bond acceptors (Lipinski definition) is 6. The molecule has 21 heavy (non-hydrogen) atoms. The summed E-state index contributed by atoms with van der Waals surface area (Å²) in [5.41, 5.74) is 0. The fourth-order valence-electron chi connectivity index (χ4n) is 2.73. The van der Waals surface area contributed by atoms with Crippen LogP contribution < -0.4 is 10.2 Å². The van der Waals surface area contributed by atoms with Gasteiger partial charge >= 0.3 is 0 Å². The number of hydrogen-bond donors (Lipinski definition) is 1. The monoisotopic (exact) mass is 291 g/mol. The lowest BCUT2D eigenvalue weighted by Gasteiger charge is -2.36. The molecule has 2 aliphatic rings. The molecule has 0 radical (unpaired) electrons. The number of nitrogens with zero attached hydrogens (tertiary/aromatic N) is 4. The SMILES string of the molecule is O=C(CC1COCCN1)N1CCN(c2cnccn2)CC1. The Bertz CT molecular complexity index is 456. The maximum absolute atomic E-state index is 12.3. The van der Waals surface area contributed by atoms with Crippen LogP contribution in [0.2, 0.25) is 0 Å². The molecule has 1 unspecified atom stereocenters. The third kappa shape index (κ3) is 3.68. The average Bonchev–Trinajstić information content (AvgIpc) is 2.57. The first-order valence-electron chi connectivity index (χ1n) is 7.43. The number of anilines is 1. The van der Waals surface area contributed by atoms with Crippen LogP contribution in [-0.2, 0) is 9.53 Å². The Morgan fingerprint density at radius 3 is 2.86 bits per heavy atom. The molecule has 114 valence electrons. The van der Waals surface area contributed by atoms with E-state index < -0.39 is 0 Å². The molecule has 3 rings (SSSR count). The number of aromatic nitrogens is 2. The number of carbonyl (C=O) groups excluding carboxylic acids is 1. The van der Waals surface area contributed by atoms with Crippen molar-refractivity contribution in [3.8, 4) is 0 Å². The first kappa shape index (κ1) is 14.2. The van der Waals surface area contributed by atoms with Gasteiger partial charge in [0.05, 0.1) is 19.4 Å². The maximum Gasteiger partial charge on any atom is 0.224 e. The Hall–Kier alpha value is -1.73. The van der Waals surface area contributed by atoms with Gasteiger partial charge < -0.3 is 19.9 Å². The van der Waals surface area contributed by atoms with E-state index in [1.807, 2.05) is 4.90 Å². The molecule has 1 N–H and O–H groups in total. The number of piperazine rings is 1. The fourth-order valence-corrected chi connectivity index (χ4v) is 2.73. The lowest BCUT2D eigenvalue weighted by Crippen LogP contribution is -2.51. The van der Waals surface area contributed by atoms with Crippen LogP contribution in [0.15, 0.2) is 18.6 Å². The number of carbonyl (C=O) groups is 1. The number of morpholine rings is 1. The molecule has 7 nitrogen and oxygen atoms in total. The first-order chi connectivity index (χ1) is 10.3. The predicted molar refractivity (Wildman–Crippen MR) is 78.1 cm³/mol. The second-order valence-electron chi connectivity index (χ2n) is 5.36. The van der Waals surface area contributed by atoms with E-state index in [1.165, 1.54) is 0 Å². The molecule has 0 spiro atoms. The van der Waals surface area contributed by atoms with Crippen LogP contribution in [-0.4, -0.2) is 72.8 Å². The maximum atomic E-state index is 12.3. The van der Waals surface area contributed by atoms with Crippen LogP contribution in [0.25, 0.3) is 0 Å². The number of rotatable bonds is 3. The normalized spacial score (nSPS) is 23.1. The fraction of sp³-hybridized carbons (Fsp3) is 0.643. The summed E-state index contributed by atoms with van der Waals surface area (Å²) < 4.78 is 5.39. The van der Waals surface area contributed by atoms with E-state index in [1.54, 1.807) is 18.6 Å². The molecule has 3 heterocycles. The highest BCUT2D eigenvalue weighted by Gasteiger charge is 2.25. The molecule has 1 amide bonds. The van der Waals surface area contributed by atoms with Crippen molar-refractivity contribution >= 4 is 11.7 Å². The molecular formula is C14H21N5O2. The van der Waals surface area contributed by atoms with E-state index in [4.69, 9.17) is 4.74 Å². The molecule has 2 aliphatic heterocycles. The van der Waals surface area contributed by atoms with Crippen molar-refractivity contribution in [3.63, 3.8) is 0 Å². The molecule has 0 aliphatic carbocycles. The van der Waals surface area contributed by atoms with Gasteiger partial charge in [0.2, 0.25) is 5.91 Å².